The van der Waals surface area contributed by atoms with Crippen molar-refractivity contribution in [3.63, 3.8) is 0 Å². The van der Waals surface area contributed by atoms with Crippen LogP contribution in [0.5, 0.6) is 11.5 Å². The Morgan fingerprint density at radius 3 is 2.60 bits per heavy atom. The van der Waals surface area contributed by atoms with E-state index < -0.39 is 25.1 Å². The number of amides is 1. The zero-order valence-electron chi connectivity index (χ0n) is 17.3. The first-order valence-corrected chi connectivity index (χ1v) is 9.70. The number of likely N-dealkylation sites (N-methyl/N-ethyl adjacent to an activating group) is 1. The van der Waals surface area contributed by atoms with Crippen molar-refractivity contribution in [2.45, 2.75) is 31.9 Å². The van der Waals surface area contributed by atoms with Gasteiger partial charge in [0, 0.05) is 25.7 Å². The van der Waals surface area contributed by atoms with Crippen LogP contribution in [0.25, 0.3) is 0 Å². The summed E-state index contributed by atoms with van der Waals surface area (Å²) in [6.07, 6.45) is -0.430. The van der Waals surface area contributed by atoms with E-state index >= 15 is 0 Å². The van der Waals surface area contributed by atoms with E-state index in [1.165, 1.54) is 7.05 Å². The van der Waals surface area contributed by atoms with Gasteiger partial charge in [0.2, 0.25) is 13.6 Å². The van der Waals surface area contributed by atoms with Gasteiger partial charge >= 0.3 is 12.2 Å². The standard InChI is InChI=1S/C20H26N2O8/c1-13(18(23)14-4-5-16-17(10-14)27-11-26-16)22(3)19(24)28-12-29-20(25)30-15-6-8-21(2)9-7-15/h4-5,10,13,15H,6-9,11-12H2,1-3H3. The Morgan fingerprint density at radius 1 is 1.17 bits per heavy atom. The third-order valence-corrected chi connectivity index (χ3v) is 5.19. The molecule has 1 amide bonds. The SMILES string of the molecule is CC(C(=O)c1ccc2c(c1)OCO2)N(C)C(=O)OCOC(=O)OC1CCN(C)CC1. The second kappa shape index (κ2) is 9.66. The van der Waals surface area contributed by atoms with E-state index in [2.05, 4.69) is 4.90 Å². The van der Waals surface area contributed by atoms with Gasteiger partial charge in [-0.25, -0.2) is 9.59 Å². The highest BCUT2D eigenvalue weighted by molar-refractivity contribution is 6.01. The van der Waals surface area contributed by atoms with Crippen LogP contribution in [0.2, 0.25) is 0 Å². The first-order valence-electron chi connectivity index (χ1n) is 9.70. The molecule has 10 heteroatoms. The topological polar surface area (TPSA) is 104 Å². The maximum absolute atomic E-state index is 12.7. The fourth-order valence-electron chi connectivity index (χ4n) is 3.13. The third-order valence-electron chi connectivity index (χ3n) is 5.19. The van der Waals surface area contributed by atoms with E-state index in [0.29, 0.717) is 17.1 Å². The molecule has 2 aliphatic rings. The van der Waals surface area contributed by atoms with Crippen LogP contribution in [0, 0.1) is 0 Å². The van der Waals surface area contributed by atoms with Crippen molar-refractivity contribution in [2.24, 2.45) is 0 Å². The molecule has 1 fully saturated rings. The number of fused-ring (bicyclic) bond motifs is 1. The second-order valence-corrected chi connectivity index (χ2v) is 7.26. The molecule has 0 aromatic heterocycles. The number of nitrogens with zero attached hydrogens (tertiary/aromatic N) is 2. The van der Waals surface area contributed by atoms with E-state index in [1.807, 2.05) is 7.05 Å². The highest BCUT2D eigenvalue weighted by atomic mass is 16.8. The van der Waals surface area contributed by atoms with Gasteiger partial charge in [-0.15, -0.1) is 0 Å². The van der Waals surface area contributed by atoms with Crippen molar-refractivity contribution in [1.29, 1.82) is 0 Å². The Balaban J connectivity index is 1.42. The van der Waals surface area contributed by atoms with Crippen molar-refractivity contribution in [1.82, 2.24) is 9.80 Å². The van der Waals surface area contributed by atoms with Crippen LogP contribution >= 0.6 is 0 Å². The normalized spacial score (nSPS) is 17.2. The van der Waals surface area contributed by atoms with E-state index in [0.717, 1.165) is 30.8 Å². The fraction of sp³-hybridized carbons (Fsp3) is 0.550. The lowest BCUT2D eigenvalue weighted by Crippen LogP contribution is -2.41. The summed E-state index contributed by atoms with van der Waals surface area (Å²) in [4.78, 5) is 39.8. The van der Waals surface area contributed by atoms with E-state index in [1.54, 1.807) is 25.1 Å². The number of carbonyl (C=O) groups is 3. The molecule has 10 nitrogen and oxygen atoms in total. The lowest BCUT2D eigenvalue weighted by molar-refractivity contribution is -0.0447. The number of ketones is 1. The number of likely N-dealkylation sites (tertiary alicyclic amines) is 1. The monoisotopic (exact) mass is 422 g/mol. The number of Topliss-reactive ketones (excluding diaryl/α,β-unsaturated/α-hetero) is 1. The number of benzene rings is 1. The summed E-state index contributed by atoms with van der Waals surface area (Å²) in [7, 11) is 3.43. The van der Waals surface area contributed by atoms with Gasteiger partial charge in [-0.05, 0) is 45.0 Å². The molecule has 0 bridgehead atoms. The van der Waals surface area contributed by atoms with Gasteiger partial charge in [0.15, 0.2) is 17.3 Å². The first kappa shape index (κ1) is 21.7. The number of hydrogen-bond donors (Lipinski definition) is 0. The van der Waals surface area contributed by atoms with Crippen molar-refractivity contribution in [3.05, 3.63) is 23.8 Å². The molecule has 0 saturated carbocycles. The molecule has 0 aliphatic carbocycles. The van der Waals surface area contributed by atoms with Crippen LogP contribution in [0.4, 0.5) is 9.59 Å². The van der Waals surface area contributed by atoms with Crippen LogP contribution in [0.3, 0.4) is 0 Å². The smallest absolute Gasteiger partial charge is 0.454 e. The van der Waals surface area contributed by atoms with Gasteiger partial charge in [0.1, 0.15) is 6.10 Å². The van der Waals surface area contributed by atoms with Crippen molar-refractivity contribution >= 4 is 18.0 Å². The Morgan fingerprint density at radius 2 is 1.87 bits per heavy atom. The van der Waals surface area contributed by atoms with Gasteiger partial charge in [0.05, 0.1) is 6.04 Å². The highest BCUT2D eigenvalue weighted by Crippen LogP contribution is 2.33. The summed E-state index contributed by atoms with van der Waals surface area (Å²) in [5.74, 6) is 0.751. The molecule has 0 N–H and O–H groups in total. The van der Waals surface area contributed by atoms with Crippen LogP contribution in [-0.4, -0.2) is 80.7 Å². The molecule has 3 rings (SSSR count). The minimum Gasteiger partial charge on any atom is -0.454 e. The molecule has 1 aromatic carbocycles. The van der Waals surface area contributed by atoms with Gasteiger partial charge < -0.3 is 33.5 Å². The summed E-state index contributed by atoms with van der Waals surface area (Å²) in [6, 6.07) is 4.02. The highest BCUT2D eigenvalue weighted by Gasteiger charge is 2.27. The number of rotatable bonds is 6. The summed E-state index contributed by atoms with van der Waals surface area (Å²) in [5.41, 5.74) is 0.379. The molecule has 1 unspecified atom stereocenters. The van der Waals surface area contributed by atoms with Crippen LogP contribution in [0.15, 0.2) is 18.2 Å². The van der Waals surface area contributed by atoms with Crippen LogP contribution in [-0.2, 0) is 14.2 Å². The predicted octanol–water partition coefficient (Wildman–Crippen LogP) is 2.26. The molecular weight excluding hydrogens is 396 g/mol. The summed E-state index contributed by atoms with van der Waals surface area (Å²) in [6.45, 7) is 2.76. The van der Waals surface area contributed by atoms with E-state index in [-0.39, 0.29) is 18.7 Å². The molecule has 0 radical (unpaired) electrons. The zero-order chi connectivity index (χ0) is 21.7. The number of carbonyl (C=O) groups excluding carboxylic acids is 3. The first-order chi connectivity index (χ1) is 14.3. The number of piperidine rings is 1. The molecule has 2 heterocycles. The lowest BCUT2D eigenvalue weighted by atomic mass is 10.0. The summed E-state index contributed by atoms with van der Waals surface area (Å²) in [5, 5.41) is 0. The van der Waals surface area contributed by atoms with E-state index in [9.17, 15) is 14.4 Å². The average Bonchev–Trinajstić information content (AvgIpc) is 3.21. The van der Waals surface area contributed by atoms with Gasteiger partial charge in [0.25, 0.3) is 0 Å². The zero-order valence-corrected chi connectivity index (χ0v) is 17.3. The fourth-order valence-corrected chi connectivity index (χ4v) is 3.13. The number of ether oxygens (including phenoxy) is 5. The molecule has 2 aliphatic heterocycles. The molecule has 164 valence electrons. The Labute approximate surface area is 174 Å². The Kier molecular flexibility index (Phi) is 6.99. The van der Waals surface area contributed by atoms with E-state index in [4.69, 9.17) is 23.7 Å². The van der Waals surface area contributed by atoms with Gasteiger partial charge in [-0.1, -0.05) is 0 Å². The van der Waals surface area contributed by atoms with Crippen LogP contribution in [0.1, 0.15) is 30.1 Å². The van der Waals surface area contributed by atoms with Crippen molar-refractivity contribution in [3.8, 4) is 11.5 Å². The Bertz CT molecular complexity index is 791. The quantitative estimate of drug-likeness (QED) is 0.388. The van der Waals surface area contributed by atoms with Gasteiger partial charge in [-0.2, -0.15) is 0 Å². The Hall–Kier alpha value is -3.01. The predicted molar refractivity (Wildman–Crippen MR) is 104 cm³/mol. The third kappa shape index (κ3) is 5.32. The molecule has 0 spiro atoms. The van der Waals surface area contributed by atoms with Gasteiger partial charge in [-0.3, -0.25) is 4.79 Å². The largest absolute Gasteiger partial charge is 0.511 e. The van der Waals surface area contributed by atoms with Crippen molar-refractivity contribution < 1.29 is 38.1 Å². The maximum Gasteiger partial charge on any atom is 0.511 e. The number of hydrogen-bond acceptors (Lipinski definition) is 9. The molecule has 30 heavy (non-hydrogen) atoms. The maximum atomic E-state index is 12.7. The summed E-state index contributed by atoms with van der Waals surface area (Å²) >= 11 is 0. The van der Waals surface area contributed by atoms with Crippen molar-refractivity contribution in [2.75, 3.05) is 40.8 Å². The lowest BCUT2D eigenvalue weighted by Gasteiger charge is -2.28. The second-order valence-electron chi connectivity index (χ2n) is 7.26. The minimum atomic E-state index is -0.885. The molecule has 1 atom stereocenters. The van der Waals surface area contributed by atoms with Crippen LogP contribution < -0.4 is 9.47 Å². The molecule has 1 saturated heterocycles. The average molecular weight is 422 g/mol. The minimum absolute atomic E-state index is 0.106. The summed E-state index contributed by atoms with van der Waals surface area (Å²) < 4.78 is 25.4. The molecular formula is C20H26N2O8. The molecule has 1 aromatic rings.